The first-order chi connectivity index (χ1) is 9.16. The number of rotatable bonds is 6. The molecule has 1 aromatic rings. The van der Waals surface area contributed by atoms with Gasteiger partial charge in [-0.05, 0) is 42.9 Å². The summed E-state index contributed by atoms with van der Waals surface area (Å²) in [5.41, 5.74) is 3.08. The highest BCUT2D eigenvalue weighted by Gasteiger charge is 2.16. The summed E-state index contributed by atoms with van der Waals surface area (Å²) in [5.74, 6) is -0.709. The Hall–Kier alpha value is -1.84. The first kappa shape index (κ1) is 13.6. The number of amides is 1. The highest BCUT2D eigenvalue weighted by Crippen LogP contribution is 2.17. The van der Waals surface area contributed by atoms with Gasteiger partial charge in [-0.3, -0.25) is 9.59 Å². The number of aryl methyl sites for hydroxylation is 1. The van der Waals surface area contributed by atoms with Crippen molar-refractivity contribution in [2.45, 2.75) is 38.5 Å². The minimum absolute atomic E-state index is 0.0222. The average Bonchev–Trinajstić information content (AvgIpc) is 2.39. The van der Waals surface area contributed by atoms with Crippen LogP contribution < -0.4 is 5.32 Å². The Balaban J connectivity index is 1.86. The second kappa shape index (κ2) is 6.36. The average molecular weight is 261 g/mol. The number of hydrogen-bond acceptors (Lipinski definition) is 2. The Bertz CT molecular complexity index is 482. The molecule has 0 saturated carbocycles. The fraction of sp³-hybridized carbons (Fsp3) is 0.467. The summed E-state index contributed by atoms with van der Waals surface area (Å²) < 4.78 is 0. The molecule has 2 rings (SSSR count). The molecule has 1 aromatic carbocycles. The van der Waals surface area contributed by atoms with Crippen LogP contribution >= 0.6 is 0 Å². The van der Waals surface area contributed by atoms with Gasteiger partial charge in [-0.1, -0.05) is 18.6 Å². The second-order valence-corrected chi connectivity index (χ2v) is 4.95. The Labute approximate surface area is 112 Å². The molecule has 1 aliphatic heterocycles. The van der Waals surface area contributed by atoms with Crippen molar-refractivity contribution < 1.29 is 14.7 Å². The molecule has 2 N–H and O–H groups in total. The van der Waals surface area contributed by atoms with Crippen LogP contribution in [0.2, 0.25) is 0 Å². The molecule has 0 aromatic heterocycles. The first-order valence-corrected chi connectivity index (χ1v) is 6.78. The normalized spacial score (nSPS) is 13.8. The number of benzene rings is 1. The molecule has 0 atom stereocenters. The Kier molecular flexibility index (Phi) is 4.55. The van der Waals surface area contributed by atoms with Crippen LogP contribution in [0.15, 0.2) is 18.2 Å². The zero-order valence-electron chi connectivity index (χ0n) is 10.9. The predicted molar refractivity (Wildman–Crippen MR) is 72.3 cm³/mol. The predicted octanol–water partition coefficient (Wildman–Crippen LogP) is 2.16. The van der Waals surface area contributed by atoms with Crippen molar-refractivity contribution >= 4 is 11.9 Å². The summed E-state index contributed by atoms with van der Waals surface area (Å²) >= 11 is 0. The Morgan fingerprint density at radius 3 is 2.89 bits per heavy atom. The summed E-state index contributed by atoms with van der Waals surface area (Å²) in [6.07, 6.45) is 4.65. The molecule has 0 bridgehead atoms. The van der Waals surface area contributed by atoms with Crippen molar-refractivity contribution in [3.8, 4) is 0 Å². The molecule has 0 aliphatic carbocycles. The molecule has 4 heteroatoms. The lowest BCUT2D eigenvalue weighted by atomic mass is 9.96. The molecule has 4 nitrogen and oxygen atoms in total. The Morgan fingerprint density at radius 2 is 2.11 bits per heavy atom. The lowest BCUT2D eigenvalue weighted by Crippen LogP contribution is -2.31. The van der Waals surface area contributed by atoms with Gasteiger partial charge in [-0.2, -0.15) is 0 Å². The van der Waals surface area contributed by atoms with E-state index in [-0.39, 0.29) is 12.3 Å². The third-order valence-electron chi connectivity index (χ3n) is 3.45. The quantitative estimate of drug-likeness (QED) is 0.771. The van der Waals surface area contributed by atoms with Gasteiger partial charge < -0.3 is 10.4 Å². The summed E-state index contributed by atoms with van der Waals surface area (Å²) in [6, 6.07) is 6.09. The maximum absolute atomic E-state index is 11.7. The third kappa shape index (κ3) is 3.81. The zero-order chi connectivity index (χ0) is 13.7. The standard InChI is InChI=1S/C15H19NO3/c17-14(18)5-3-1-2-4-11-6-7-12-8-9-16-15(19)13(12)10-11/h6-7,10H,1-5,8-9H2,(H,16,19)(H,17,18). The maximum atomic E-state index is 11.7. The van der Waals surface area contributed by atoms with E-state index < -0.39 is 5.97 Å². The molecule has 0 radical (unpaired) electrons. The molecule has 1 amide bonds. The summed E-state index contributed by atoms with van der Waals surface area (Å²) in [7, 11) is 0. The number of carbonyl (C=O) groups excluding carboxylic acids is 1. The number of carboxylic acid groups (broad SMARTS) is 1. The smallest absolute Gasteiger partial charge is 0.303 e. The van der Waals surface area contributed by atoms with Crippen LogP contribution in [0, 0.1) is 0 Å². The highest BCUT2D eigenvalue weighted by atomic mass is 16.4. The van der Waals surface area contributed by atoms with Crippen molar-refractivity contribution in [3.05, 3.63) is 34.9 Å². The van der Waals surface area contributed by atoms with Crippen LogP contribution in [0.1, 0.15) is 47.2 Å². The lowest BCUT2D eigenvalue weighted by molar-refractivity contribution is -0.137. The number of fused-ring (bicyclic) bond motifs is 1. The van der Waals surface area contributed by atoms with Gasteiger partial charge in [0.05, 0.1) is 0 Å². The summed E-state index contributed by atoms with van der Waals surface area (Å²) in [4.78, 5) is 22.1. The van der Waals surface area contributed by atoms with Crippen LogP contribution in [-0.2, 0) is 17.6 Å². The minimum atomic E-state index is -0.731. The first-order valence-electron chi connectivity index (χ1n) is 6.78. The third-order valence-corrected chi connectivity index (χ3v) is 3.45. The number of aliphatic carboxylic acids is 1. The number of carboxylic acids is 1. The zero-order valence-corrected chi connectivity index (χ0v) is 10.9. The molecule has 102 valence electrons. The molecule has 1 heterocycles. The number of nitrogens with one attached hydrogen (secondary N) is 1. The highest BCUT2D eigenvalue weighted by molar-refractivity contribution is 5.96. The van der Waals surface area contributed by atoms with Crippen molar-refractivity contribution in [1.29, 1.82) is 0 Å². The molecule has 19 heavy (non-hydrogen) atoms. The lowest BCUT2D eigenvalue weighted by Gasteiger charge is -2.17. The van der Waals surface area contributed by atoms with Crippen LogP contribution in [0.4, 0.5) is 0 Å². The van der Waals surface area contributed by atoms with Gasteiger partial charge >= 0.3 is 5.97 Å². The van der Waals surface area contributed by atoms with E-state index in [4.69, 9.17) is 5.11 Å². The van der Waals surface area contributed by atoms with Gasteiger partial charge in [0.2, 0.25) is 0 Å². The van der Waals surface area contributed by atoms with Gasteiger partial charge in [-0.15, -0.1) is 0 Å². The van der Waals surface area contributed by atoms with E-state index in [0.717, 1.165) is 55.3 Å². The minimum Gasteiger partial charge on any atom is -0.481 e. The van der Waals surface area contributed by atoms with E-state index in [0.29, 0.717) is 0 Å². The van der Waals surface area contributed by atoms with Crippen LogP contribution in [0.3, 0.4) is 0 Å². The maximum Gasteiger partial charge on any atom is 0.303 e. The van der Waals surface area contributed by atoms with Gasteiger partial charge in [0.15, 0.2) is 0 Å². The summed E-state index contributed by atoms with van der Waals surface area (Å²) in [5, 5.41) is 11.4. The van der Waals surface area contributed by atoms with Crippen molar-refractivity contribution in [2.75, 3.05) is 6.54 Å². The monoisotopic (exact) mass is 261 g/mol. The van der Waals surface area contributed by atoms with Crippen LogP contribution in [0.25, 0.3) is 0 Å². The Morgan fingerprint density at radius 1 is 1.26 bits per heavy atom. The number of hydrogen-bond donors (Lipinski definition) is 2. The van der Waals surface area contributed by atoms with Crippen molar-refractivity contribution in [3.63, 3.8) is 0 Å². The second-order valence-electron chi connectivity index (χ2n) is 4.95. The molecule has 0 spiro atoms. The molecular formula is C15H19NO3. The van der Waals surface area contributed by atoms with E-state index in [2.05, 4.69) is 11.4 Å². The SMILES string of the molecule is O=C(O)CCCCCc1ccc2c(c1)C(=O)NCC2. The fourth-order valence-corrected chi connectivity index (χ4v) is 2.40. The van der Waals surface area contributed by atoms with E-state index in [1.807, 2.05) is 12.1 Å². The molecular weight excluding hydrogens is 242 g/mol. The molecule has 0 saturated heterocycles. The van der Waals surface area contributed by atoms with E-state index in [9.17, 15) is 9.59 Å². The van der Waals surface area contributed by atoms with Crippen molar-refractivity contribution in [1.82, 2.24) is 5.32 Å². The molecule has 0 fully saturated rings. The van der Waals surface area contributed by atoms with Crippen molar-refractivity contribution in [2.24, 2.45) is 0 Å². The summed E-state index contributed by atoms with van der Waals surface area (Å²) in [6.45, 7) is 0.723. The van der Waals surface area contributed by atoms with Gasteiger partial charge in [0.25, 0.3) is 5.91 Å². The molecule has 0 unspecified atom stereocenters. The van der Waals surface area contributed by atoms with Gasteiger partial charge in [0, 0.05) is 18.5 Å². The number of carbonyl (C=O) groups is 2. The van der Waals surface area contributed by atoms with E-state index in [1.165, 1.54) is 0 Å². The van der Waals surface area contributed by atoms with E-state index in [1.54, 1.807) is 0 Å². The van der Waals surface area contributed by atoms with E-state index >= 15 is 0 Å². The van der Waals surface area contributed by atoms with Crippen LogP contribution in [0.5, 0.6) is 0 Å². The molecule has 1 aliphatic rings. The largest absolute Gasteiger partial charge is 0.481 e. The van der Waals surface area contributed by atoms with Crippen LogP contribution in [-0.4, -0.2) is 23.5 Å². The van der Waals surface area contributed by atoms with Gasteiger partial charge in [-0.25, -0.2) is 0 Å². The topological polar surface area (TPSA) is 66.4 Å². The van der Waals surface area contributed by atoms with Gasteiger partial charge in [0.1, 0.15) is 0 Å². The number of unbranched alkanes of at least 4 members (excludes halogenated alkanes) is 2. The fourth-order valence-electron chi connectivity index (χ4n) is 2.40.